The van der Waals surface area contributed by atoms with Crippen LogP contribution in [0.4, 0.5) is 5.69 Å². The number of benzene rings is 2. The molecule has 0 saturated heterocycles. The van der Waals surface area contributed by atoms with Crippen molar-refractivity contribution in [2.75, 3.05) is 11.4 Å². The average Bonchev–Trinajstić information content (AvgIpc) is 3.08. The van der Waals surface area contributed by atoms with Gasteiger partial charge in [0.15, 0.2) is 5.76 Å². The van der Waals surface area contributed by atoms with Crippen LogP contribution in [-0.2, 0) is 10.0 Å². The Morgan fingerprint density at radius 3 is 2.35 bits per heavy atom. The molecule has 0 unspecified atom stereocenters. The van der Waals surface area contributed by atoms with E-state index in [1.807, 2.05) is 55.5 Å². The first kappa shape index (κ1) is 16.9. The molecule has 1 N–H and O–H groups in total. The zero-order valence-corrected chi connectivity index (χ0v) is 15.9. The second-order valence-electron chi connectivity index (χ2n) is 6.16. The quantitative estimate of drug-likeness (QED) is 0.686. The fraction of sp³-hybridized carbons (Fsp3) is 0.100. The molecule has 0 spiro atoms. The molecule has 132 valence electrons. The highest BCUT2D eigenvalue weighted by Crippen LogP contribution is 2.48. The molecule has 0 aliphatic carbocycles. The van der Waals surface area contributed by atoms with Crippen LogP contribution >= 0.6 is 11.3 Å². The van der Waals surface area contributed by atoms with Gasteiger partial charge in [0, 0.05) is 17.5 Å². The Hall–Kier alpha value is -2.57. The summed E-state index contributed by atoms with van der Waals surface area (Å²) in [4.78, 5) is 1.45. The molecule has 0 saturated carbocycles. The van der Waals surface area contributed by atoms with Gasteiger partial charge in [-0.25, -0.2) is 8.42 Å². The maximum Gasteiger partial charge on any atom is 0.268 e. The highest BCUT2D eigenvalue weighted by atomic mass is 32.2. The molecule has 0 atom stereocenters. The lowest BCUT2D eigenvalue weighted by molar-refractivity contribution is 0.515. The molecule has 3 aromatic rings. The normalized spacial score (nSPS) is 15.8. The minimum atomic E-state index is -3.84. The van der Waals surface area contributed by atoms with E-state index in [1.54, 1.807) is 12.1 Å². The molecule has 6 heteroatoms. The molecule has 26 heavy (non-hydrogen) atoms. The van der Waals surface area contributed by atoms with Crippen molar-refractivity contribution >= 4 is 37.7 Å². The van der Waals surface area contributed by atoms with Gasteiger partial charge in [0.25, 0.3) is 10.0 Å². The van der Waals surface area contributed by atoms with Crippen molar-refractivity contribution in [1.82, 2.24) is 0 Å². The molecule has 1 aliphatic rings. The van der Waals surface area contributed by atoms with Gasteiger partial charge in [-0.2, -0.15) is 0 Å². The molecule has 4 nitrogen and oxygen atoms in total. The highest BCUT2D eigenvalue weighted by Gasteiger charge is 2.38. The Labute approximate surface area is 156 Å². The van der Waals surface area contributed by atoms with Crippen LogP contribution in [0.2, 0.25) is 0 Å². The second kappa shape index (κ2) is 6.00. The van der Waals surface area contributed by atoms with Gasteiger partial charge in [-0.3, -0.25) is 4.31 Å². The number of fused-ring (bicyclic) bond motifs is 1. The van der Waals surface area contributed by atoms with Crippen molar-refractivity contribution in [2.45, 2.75) is 6.92 Å². The number of aryl methyl sites for hydroxylation is 1. The fourth-order valence-electron chi connectivity index (χ4n) is 3.12. The lowest BCUT2D eigenvalue weighted by Gasteiger charge is -2.27. The van der Waals surface area contributed by atoms with Gasteiger partial charge in [-0.05, 0) is 24.1 Å². The molecule has 1 aliphatic heterocycles. The Balaban J connectivity index is 1.99. The zero-order valence-electron chi connectivity index (χ0n) is 14.3. The first-order chi connectivity index (χ1) is 12.4. The minimum Gasteiger partial charge on any atom is -0.505 e. The molecular weight excluding hydrogens is 366 g/mol. The molecule has 0 fully saturated rings. The summed E-state index contributed by atoms with van der Waals surface area (Å²) in [6.45, 7) is 1.84. The van der Waals surface area contributed by atoms with E-state index in [0.717, 1.165) is 16.0 Å². The number of sulfonamides is 1. The first-order valence-corrected chi connectivity index (χ1v) is 10.3. The predicted molar refractivity (Wildman–Crippen MR) is 108 cm³/mol. The van der Waals surface area contributed by atoms with Crippen LogP contribution in [0.25, 0.3) is 21.1 Å². The largest absolute Gasteiger partial charge is 0.505 e. The van der Waals surface area contributed by atoms with E-state index in [0.29, 0.717) is 16.1 Å². The van der Waals surface area contributed by atoms with Crippen molar-refractivity contribution in [3.05, 3.63) is 76.7 Å². The van der Waals surface area contributed by atoms with Crippen molar-refractivity contribution in [3.63, 3.8) is 0 Å². The molecule has 2 heterocycles. The minimum absolute atomic E-state index is 0.0351. The van der Waals surface area contributed by atoms with E-state index < -0.39 is 10.0 Å². The number of aliphatic hydroxyl groups is 1. The fourth-order valence-corrected chi connectivity index (χ4v) is 5.91. The highest BCUT2D eigenvalue weighted by molar-refractivity contribution is 8.02. The van der Waals surface area contributed by atoms with E-state index in [1.165, 1.54) is 22.7 Å². The number of hydrogen-bond donors (Lipinski definition) is 1. The summed E-state index contributed by atoms with van der Waals surface area (Å²) in [5.41, 5.74) is 2.82. The third kappa shape index (κ3) is 2.45. The third-order valence-corrected chi connectivity index (χ3v) is 7.58. The SMILES string of the molecule is Cc1ccccc1C1=C(O)c2sc(-c3ccccc3)cc2N(C)S1(=O)=O. The van der Waals surface area contributed by atoms with E-state index in [4.69, 9.17) is 0 Å². The van der Waals surface area contributed by atoms with E-state index >= 15 is 0 Å². The molecule has 1 aromatic heterocycles. The summed E-state index contributed by atoms with van der Waals surface area (Å²) in [5.74, 6) is -0.181. The standard InChI is InChI=1S/C20H17NO3S2/c1-13-8-6-7-11-15(13)20-18(22)19-16(21(2)26(20,23)24)12-17(25-19)14-9-4-3-5-10-14/h3-12,22H,1-2H3. The summed E-state index contributed by atoms with van der Waals surface area (Å²) in [6, 6.07) is 18.7. The summed E-state index contributed by atoms with van der Waals surface area (Å²) >= 11 is 1.39. The van der Waals surface area contributed by atoms with Crippen LogP contribution in [0.3, 0.4) is 0 Å². The van der Waals surface area contributed by atoms with Crippen molar-refractivity contribution < 1.29 is 13.5 Å². The van der Waals surface area contributed by atoms with Gasteiger partial charge in [0.05, 0.1) is 10.6 Å². The third-order valence-electron chi connectivity index (χ3n) is 4.55. The van der Waals surface area contributed by atoms with Crippen molar-refractivity contribution in [2.24, 2.45) is 0 Å². The monoisotopic (exact) mass is 383 g/mol. The molecule has 2 aromatic carbocycles. The Morgan fingerprint density at radius 2 is 1.65 bits per heavy atom. The van der Waals surface area contributed by atoms with Crippen LogP contribution in [-0.4, -0.2) is 20.6 Å². The van der Waals surface area contributed by atoms with Gasteiger partial charge in [-0.1, -0.05) is 54.6 Å². The van der Waals surface area contributed by atoms with E-state index in [-0.39, 0.29) is 10.7 Å². The summed E-state index contributed by atoms with van der Waals surface area (Å²) in [6.07, 6.45) is 0. The number of anilines is 1. The maximum absolute atomic E-state index is 13.1. The summed E-state index contributed by atoms with van der Waals surface area (Å²) < 4.78 is 27.5. The lowest BCUT2D eigenvalue weighted by atomic mass is 10.1. The number of aliphatic hydroxyl groups excluding tert-OH is 1. The van der Waals surface area contributed by atoms with E-state index in [9.17, 15) is 13.5 Å². The molecule has 4 rings (SSSR count). The van der Waals surface area contributed by atoms with Crippen LogP contribution < -0.4 is 4.31 Å². The summed E-state index contributed by atoms with van der Waals surface area (Å²) in [5, 5.41) is 10.9. The molecule has 0 amide bonds. The van der Waals surface area contributed by atoms with Crippen LogP contribution in [0, 0.1) is 6.92 Å². The van der Waals surface area contributed by atoms with Gasteiger partial charge in [-0.15, -0.1) is 11.3 Å². The van der Waals surface area contributed by atoms with Gasteiger partial charge >= 0.3 is 0 Å². The lowest BCUT2D eigenvalue weighted by Crippen LogP contribution is -2.31. The predicted octanol–water partition coefficient (Wildman–Crippen LogP) is 4.89. The molecule has 0 radical (unpaired) electrons. The molecule has 0 bridgehead atoms. The average molecular weight is 383 g/mol. The Kier molecular flexibility index (Phi) is 3.89. The number of hydrogen-bond acceptors (Lipinski definition) is 4. The van der Waals surface area contributed by atoms with Crippen LogP contribution in [0.15, 0.2) is 60.7 Å². The van der Waals surface area contributed by atoms with Gasteiger partial charge < -0.3 is 5.11 Å². The van der Waals surface area contributed by atoms with Gasteiger partial charge in [0.1, 0.15) is 4.91 Å². The zero-order chi connectivity index (χ0) is 18.5. The van der Waals surface area contributed by atoms with E-state index in [2.05, 4.69) is 0 Å². The maximum atomic E-state index is 13.1. The Bertz CT molecular complexity index is 1130. The van der Waals surface area contributed by atoms with Crippen molar-refractivity contribution in [3.8, 4) is 10.4 Å². The number of nitrogens with zero attached hydrogens (tertiary/aromatic N) is 1. The summed E-state index contributed by atoms with van der Waals surface area (Å²) in [7, 11) is -2.31. The molecular formula is C20H17NO3S2. The van der Waals surface area contributed by atoms with Crippen LogP contribution in [0.1, 0.15) is 16.0 Å². The smallest absolute Gasteiger partial charge is 0.268 e. The number of rotatable bonds is 2. The second-order valence-corrected chi connectivity index (χ2v) is 9.11. The van der Waals surface area contributed by atoms with Crippen molar-refractivity contribution in [1.29, 1.82) is 0 Å². The Morgan fingerprint density at radius 1 is 1.00 bits per heavy atom. The van der Waals surface area contributed by atoms with Crippen LogP contribution in [0.5, 0.6) is 0 Å². The number of thiophene rings is 1. The first-order valence-electron chi connectivity index (χ1n) is 8.09. The topological polar surface area (TPSA) is 57.6 Å². The van der Waals surface area contributed by atoms with Gasteiger partial charge in [0.2, 0.25) is 0 Å².